The summed E-state index contributed by atoms with van der Waals surface area (Å²) in [4.78, 5) is 14.3. The molecule has 0 aromatic heterocycles. The van der Waals surface area contributed by atoms with Gasteiger partial charge in [0, 0.05) is 6.54 Å². The molecule has 0 atom stereocenters. The summed E-state index contributed by atoms with van der Waals surface area (Å²) in [5.41, 5.74) is 6.87. The molecule has 1 rings (SSSR count). The Hall–Kier alpha value is -1.17. The molecule has 0 aliphatic rings. The lowest BCUT2D eigenvalue weighted by atomic mass is 10.2. The van der Waals surface area contributed by atoms with Gasteiger partial charge in [-0.2, -0.15) is 0 Å². The molecule has 0 aliphatic heterocycles. The van der Waals surface area contributed by atoms with Crippen LogP contribution in [0.15, 0.2) is 18.2 Å². The summed E-state index contributed by atoms with van der Waals surface area (Å²) >= 11 is 0. The molecule has 2 N–H and O–H groups in total. The first kappa shape index (κ1) is 25.1. The number of hydrogen-bond acceptors (Lipinski definition) is 5. The van der Waals surface area contributed by atoms with Crippen LogP contribution in [0.3, 0.4) is 0 Å². The molecule has 0 heterocycles. The number of nitrogen functional groups attached to an aromatic ring is 1. The molecule has 0 radical (unpaired) electrons. The van der Waals surface area contributed by atoms with Gasteiger partial charge in [-0.05, 0) is 37.7 Å². The van der Waals surface area contributed by atoms with E-state index in [1.165, 1.54) is 0 Å². The second-order valence-corrected chi connectivity index (χ2v) is 5.12. The van der Waals surface area contributed by atoms with Crippen molar-refractivity contribution in [2.45, 2.75) is 33.6 Å². The van der Waals surface area contributed by atoms with Crippen molar-refractivity contribution in [2.75, 3.05) is 38.6 Å². The molecule has 0 fully saturated rings. The lowest BCUT2D eigenvalue weighted by Crippen LogP contribution is -2.27. The minimum Gasteiger partial charge on any atom is -0.491 e. The van der Waals surface area contributed by atoms with Gasteiger partial charge in [-0.25, -0.2) is 4.79 Å². The highest BCUT2D eigenvalue weighted by Gasteiger charge is 2.11. The Morgan fingerprint density at radius 2 is 1.79 bits per heavy atom. The molecular weight excluding hydrogens is 351 g/mol. The fourth-order valence-corrected chi connectivity index (χ4v) is 2.00. The van der Waals surface area contributed by atoms with Gasteiger partial charge in [0.05, 0.1) is 17.9 Å². The molecule has 1 aromatic carbocycles. The van der Waals surface area contributed by atoms with Crippen molar-refractivity contribution in [3.05, 3.63) is 23.8 Å². The van der Waals surface area contributed by atoms with Crippen LogP contribution in [0, 0.1) is 0 Å². The van der Waals surface area contributed by atoms with Crippen LogP contribution < -0.4 is 10.5 Å². The molecule has 0 unspecified atom stereocenters. The highest BCUT2D eigenvalue weighted by molar-refractivity contribution is 5.90. The van der Waals surface area contributed by atoms with E-state index in [0.29, 0.717) is 30.2 Å². The fourth-order valence-electron chi connectivity index (χ4n) is 2.00. The van der Waals surface area contributed by atoms with Crippen LogP contribution in [0.25, 0.3) is 0 Å². The topological polar surface area (TPSA) is 64.8 Å². The number of carbonyl (C=O) groups is 1. The number of nitrogens with two attached hydrogens (primary N) is 1. The van der Waals surface area contributed by atoms with E-state index < -0.39 is 0 Å². The molecule has 140 valence electrons. The standard InChI is InChI=1S/C17H28N2O3.2ClH/c1-4-7-11-21-16-13-14(8-9-15(16)18)17(20)22-12-10-19(5-2)6-3;;/h8-9,13H,4-7,10-12,18H2,1-3H3;2*1H. The van der Waals surface area contributed by atoms with Crippen LogP contribution in [0.4, 0.5) is 5.69 Å². The number of unbranched alkanes of at least 4 members (excludes halogenated alkanes) is 1. The second-order valence-electron chi connectivity index (χ2n) is 5.12. The van der Waals surface area contributed by atoms with Crippen molar-refractivity contribution in [2.24, 2.45) is 0 Å². The Morgan fingerprint density at radius 1 is 1.12 bits per heavy atom. The van der Waals surface area contributed by atoms with Gasteiger partial charge < -0.3 is 20.1 Å². The van der Waals surface area contributed by atoms with Crippen molar-refractivity contribution in [3.8, 4) is 5.75 Å². The molecule has 24 heavy (non-hydrogen) atoms. The van der Waals surface area contributed by atoms with Crippen LogP contribution in [0.1, 0.15) is 44.0 Å². The SMILES string of the molecule is CCCCOc1cc(C(=O)OCCN(CC)CC)ccc1N.Cl.Cl. The molecule has 1 aromatic rings. The maximum absolute atomic E-state index is 12.1. The molecule has 0 bridgehead atoms. The smallest absolute Gasteiger partial charge is 0.338 e. The van der Waals surface area contributed by atoms with Gasteiger partial charge in [0.1, 0.15) is 12.4 Å². The Bertz CT molecular complexity index is 469. The van der Waals surface area contributed by atoms with E-state index in [1.807, 2.05) is 0 Å². The fraction of sp³-hybridized carbons (Fsp3) is 0.588. The number of esters is 1. The number of nitrogens with zero attached hydrogens (tertiary/aromatic N) is 1. The number of rotatable bonds is 10. The molecular formula is C17H30Cl2N2O3. The third-order valence-electron chi connectivity index (χ3n) is 3.54. The zero-order chi connectivity index (χ0) is 16.4. The van der Waals surface area contributed by atoms with Gasteiger partial charge in [0.2, 0.25) is 0 Å². The average molecular weight is 381 g/mol. The molecule has 0 amide bonds. The number of ether oxygens (including phenoxy) is 2. The van der Waals surface area contributed by atoms with E-state index in [9.17, 15) is 4.79 Å². The summed E-state index contributed by atoms with van der Waals surface area (Å²) in [6.07, 6.45) is 2.00. The first-order valence-electron chi connectivity index (χ1n) is 8.04. The second kappa shape index (κ2) is 14.2. The van der Waals surface area contributed by atoms with Crippen LogP contribution in [-0.2, 0) is 4.74 Å². The molecule has 5 nitrogen and oxygen atoms in total. The van der Waals surface area contributed by atoms with Crippen LogP contribution in [-0.4, -0.2) is 43.7 Å². The van der Waals surface area contributed by atoms with E-state index in [0.717, 1.165) is 32.5 Å². The van der Waals surface area contributed by atoms with Gasteiger partial charge in [-0.1, -0.05) is 27.2 Å². The molecule has 0 saturated heterocycles. The average Bonchev–Trinajstić information content (AvgIpc) is 2.53. The molecule has 0 spiro atoms. The first-order chi connectivity index (χ1) is 10.6. The minimum atomic E-state index is -0.340. The summed E-state index contributed by atoms with van der Waals surface area (Å²) in [5, 5.41) is 0. The van der Waals surface area contributed by atoms with Gasteiger partial charge in [-0.15, -0.1) is 24.8 Å². The normalized spacial score (nSPS) is 9.83. The third-order valence-corrected chi connectivity index (χ3v) is 3.54. The number of anilines is 1. The van der Waals surface area contributed by atoms with Crippen molar-refractivity contribution in [1.29, 1.82) is 0 Å². The Labute approximate surface area is 157 Å². The zero-order valence-electron chi connectivity index (χ0n) is 14.7. The predicted octanol–water partition coefficient (Wildman–Crippen LogP) is 3.79. The predicted molar refractivity (Wildman–Crippen MR) is 104 cm³/mol. The van der Waals surface area contributed by atoms with Crippen molar-refractivity contribution in [1.82, 2.24) is 4.90 Å². The monoisotopic (exact) mass is 380 g/mol. The highest BCUT2D eigenvalue weighted by atomic mass is 35.5. The maximum atomic E-state index is 12.1. The van der Waals surface area contributed by atoms with Crippen LogP contribution in [0.5, 0.6) is 5.75 Å². The van der Waals surface area contributed by atoms with Gasteiger partial charge in [0.15, 0.2) is 0 Å². The Balaban J connectivity index is 0. The lowest BCUT2D eigenvalue weighted by molar-refractivity contribution is 0.0466. The first-order valence-corrected chi connectivity index (χ1v) is 8.04. The number of benzene rings is 1. The van der Waals surface area contributed by atoms with E-state index in [2.05, 4.69) is 25.7 Å². The maximum Gasteiger partial charge on any atom is 0.338 e. The highest BCUT2D eigenvalue weighted by Crippen LogP contribution is 2.23. The van der Waals surface area contributed by atoms with Crippen molar-refractivity contribution >= 4 is 36.5 Å². The van der Waals surface area contributed by atoms with E-state index in [1.54, 1.807) is 18.2 Å². The van der Waals surface area contributed by atoms with Gasteiger partial charge >= 0.3 is 5.97 Å². The summed E-state index contributed by atoms with van der Waals surface area (Å²) in [6, 6.07) is 5.01. The van der Waals surface area contributed by atoms with Crippen molar-refractivity contribution < 1.29 is 14.3 Å². The molecule has 0 aliphatic carbocycles. The van der Waals surface area contributed by atoms with Gasteiger partial charge in [0.25, 0.3) is 0 Å². The third kappa shape index (κ3) is 8.62. The quantitative estimate of drug-likeness (QED) is 0.380. The lowest BCUT2D eigenvalue weighted by Gasteiger charge is -2.17. The summed E-state index contributed by atoms with van der Waals surface area (Å²) < 4.78 is 10.9. The molecule has 7 heteroatoms. The Morgan fingerprint density at radius 3 is 2.38 bits per heavy atom. The van der Waals surface area contributed by atoms with E-state index in [-0.39, 0.29) is 30.8 Å². The minimum absolute atomic E-state index is 0. The van der Waals surface area contributed by atoms with Gasteiger partial charge in [-0.3, -0.25) is 0 Å². The summed E-state index contributed by atoms with van der Waals surface area (Å²) in [6.45, 7) is 9.90. The number of hydrogen-bond donors (Lipinski definition) is 1. The number of likely N-dealkylation sites (N-methyl/N-ethyl adjacent to an activating group) is 1. The van der Waals surface area contributed by atoms with Crippen LogP contribution in [0.2, 0.25) is 0 Å². The summed E-state index contributed by atoms with van der Waals surface area (Å²) in [5.74, 6) is 0.208. The van der Waals surface area contributed by atoms with E-state index in [4.69, 9.17) is 15.2 Å². The van der Waals surface area contributed by atoms with Crippen molar-refractivity contribution in [3.63, 3.8) is 0 Å². The van der Waals surface area contributed by atoms with E-state index >= 15 is 0 Å². The number of halogens is 2. The van der Waals surface area contributed by atoms with Crippen LogP contribution >= 0.6 is 24.8 Å². The number of carbonyl (C=O) groups excluding carboxylic acids is 1. The summed E-state index contributed by atoms with van der Waals surface area (Å²) in [7, 11) is 0. The largest absolute Gasteiger partial charge is 0.491 e. The zero-order valence-corrected chi connectivity index (χ0v) is 16.4. The molecule has 0 saturated carbocycles. The Kier molecular flexibility index (Phi) is 14.8.